The van der Waals surface area contributed by atoms with E-state index in [1.54, 1.807) is 18.2 Å². The molecule has 0 heterocycles. The largest absolute Gasteiger partial charge is 0.495 e. The van der Waals surface area contributed by atoms with Crippen molar-refractivity contribution in [2.75, 3.05) is 12.8 Å². The Labute approximate surface area is 101 Å². The van der Waals surface area contributed by atoms with Crippen molar-refractivity contribution < 1.29 is 9.53 Å². The predicted molar refractivity (Wildman–Crippen MR) is 67.8 cm³/mol. The van der Waals surface area contributed by atoms with Crippen LogP contribution in [0.1, 0.15) is 23.7 Å². The molecule has 0 aliphatic heterocycles. The Bertz CT molecular complexity index is 449. The first-order valence-corrected chi connectivity index (χ1v) is 5.33. The molecule has 0 aliphatic carbocycles. The van der Waals surface area contributed by atoms with Crippen LogP contribution in [-0.2, 0) is 0 Å². The molecule has 0 fully saturated rings. The number of para-hydroxylation sites is 1. The molecule has 0 spiro atoms. The minimum atomic E-state index is -0.286. The van der Waals surface area contributed by atoms with E-state index in [0.29, 0.717) is 23.4 Å². The number of anilines is 1. The second-order valence-electron chi connectivity index (χ2n) is 3.52. The number of rotatable bonds is 4. The van der Waals surface area contributed by atoms with Crippen molar-refractivity contribution in [3.63, 3.8) is 0 Å². The molecule has 90 valence electrons. The van der Waals surface area contributed by atoms with Gasteiger partial charge in [-0.25, -0.2) is 0 Å². The third-order valence-corrected chi connectivity index (χ3v) is 2.45. The van der Waals surface area contributed by atoms with Gasteiger partial charge in [0, 0.05) is 0 Å². The van der Waals surface area contributed by atoms with Gasteiger partial charge in [0.05, 0.1) is 24.4 Å². The number of nitrogen functional groups attached to an aromatic ring is 1. The molecule has 17 heavy (non-hydrogen) atoms. The van der Waals surface area contributed by atoms with Crippen molar-refractivity contribution in [1.82, 2.24) is 5.32 Å². The highest BCUT2D eigenvalue weighted by Gasteiger charge is 2.14. The van der Waals surface area contributed by atoms with Gasteiger partial charge in [0.1, 0.15) is 5.75 Å². The first kappa shape index (κ1) is 12.9. The summed E-state index contributed by atoms with van der Waals surface area (Å²) in [5.41, 5.74) is 6.51. The number of ether oxygens (including phenoxy) is 1. The molecule has 3 N–H and O–H groups in total. The van der Waals surface area contributed by atoms with Gasteiger partial charge < -0.3 is 15.8 Å². The molecule has 4 nitrogen and oxygen atoms in total. The van der Waals surface area contributed by atoms with E-state index in [1.165, 1.54) is 7.11 Å². The number of nitrogens with two attached hydrogens (primary N) is 1. The lowest BCUT2D eigenvalue weighted by atomic mass is 10.1. The fraction of sp³-hybridized carbons (Fsp3) is 0.308. The maximum absolute atomic E-state index is 11.9. The maximum Gasteiger partial charge on any atom is 0.254 e. The second-order valence-corrected chi connectivity index (χ2v) is 3.52. The second kappa shape index (κ2) is 5.80. The topological polar surface area (TPSA) is 64.3 Å². The van der Waals surface area contributed by atoms with E-state index in [0.717, 1.165) is 0 Å². The summed E-state index contributed by atoms with van der Waals surface area (Å²) in [5, 5.41) is 2.71. The van der Waals surface area contributed by atoms with Gasteiger partial charge in [-0.05, 0) is 18.6 Å². The number of carbonyl (C=O) groups excluding carboxylic acids is 1. The number of benzene rings is 1. The Hall–Kier alpha value is -2.15. The highest BCUT2D eigenvalue weighted by molar-refractivity contribution is 6.00. The zero-order chi connectivity index (χ0) is 12.8. The Morgan fingerprint density at radius 3 is 2.88 bits per heavy atom. The average Bonchev–Trinajstić information content (AvgIpc) is 2.35. The van der Waals surface area contributed by atoms with E-state index in [-0.39, 0.29) is 11.9 Å². The first-order valence-electron chi connectivity index (χ1n) is 5.33. The zero-order valence-electron chi connectivity index (χ0n) is 9.99. The molecule has 0 bridgehead atoms. The fourth-order valence-corrected chi connectivity index (χ4v) is 1.42. The van der Waals surface area contributed by atoms with E-state index in [1.807, 2.05) is 6.92 Å². The number of hydrogen-bond donors (Lipinski definition) is 2. The van der Waals surface area contributed by atoms with Crippen LogP contribution in [0.2, 0.25) is 0 Å². The molecule has 0 radical (unpaired) electrons. The van der Waals surface area contributed by atoms with Crippen molar-refractivity contribution in [2.45, 2.75) is 19.4 Å². The van der Waals surface area contributed by atoms with Gasteiger partial charge in [-0.2, -0.15) is 0 Å². The maximum atomic E-state index is 11.9. The molecule has 0 aliphatic rings. The normalized spacial score (nSPS) is 11.4. The van der Waals surface area contributed by atoms with Crippen molar-refractivity contribution in [2.24, 2.45) is 0 Å². The van der Waals surface area contributed by atoms with Gasteiger partial charge in [0.15, 0.2) is 0 Å². The molecule has 1 aromatic rings. The molecular weight excluding hydrogens is 216 g/mol. The summed E-state index contributed by atoms with van der Waals surface area (Å²) in [6.07, 6.45) is 5.96. The van der Waals surface area contributed by atoms with E-state index in [2.05, 4.69) is 11.2 Å². The number of hydrogen-bond acceptors (Lipinski definition) is 3. The highest BCUT2D eigenvalue weighted by atomic mass is 16.5. The van der Waals surface area contributed by atoms with E-state index in [4.69, 9.17) is 16.9 Å². The smallest absolute Gasteiger partial charge is 0.254 e. The molecule has 1 unspecified atom stereocenters. The molecule has 4 heteroatoms. The lowest BCUT2D eigenvalue weighted by Crippen LogP contribution is -2.33. The Morgan fingerprint density at radius 1 is 1.65 bits per heavy atom. The monoisotopic (exact) mass is 232 g/mol. The Balaban J connectivity index is 2.94. The number of nitrogens with one attached hydrogen (secondary N) is 1. The highest BCUT2D eigenvalue weighted by Crippen LogP contribution is 2.24. The number of amides is 1. The quantitative estimate of drug-likeness (QED) is 0.609. The van der Waals surface area contributed by atoms with Gasteiger partial charge in [0.25, 0.3) is 5.91 Å². The lowest BCUT2D eigenvalue weighted by molar-refractivity contribution is 0.0945. The molecule has 0 saturated heterocycles. The summed E-state index contributed by atoms with van der Waals surface area (Å²) in [6.45, 7) is 1.90. The van der Waals surface area contributed by atoms with E-state index in [9.17, 15) is 4.79 Å². The molecule has 0 saturated carbocycles. The van der Waals surface area contributed by atoms with Crippen LogP contribution in [0.15, 0.2) is 18.2 Å². The van der Waals surface area contributed by atoms with Crippen LogP contribution in [-0.4, -0.2) is 19.1 Å². The SMILES string of the molecule is C#CC(CC)NC(=O)c1cccc(OC)c1N. The third kappa shape index (κ3) is 2.91. The van der Waals surface area contributed by atoms with Crippen LogP contribution in [0.4, 0.5) is 5.69 Å². The number of methoxy groups -OCH3 is 1. The summed E-state index contributed by atoms with van der Waals surface area (Å²) in [7, 11) is 1.50. The minimum absolute atomic E-state index is 0.284. The number of carbonyl (C=O) groups is 1. The van der Waals surface area contributed by atoms with Gasteiger partial charge in [-0.1, -0.05) is 18.9 Å². The average molecular weight is 232 g/mol. The van der Waals surface area contributed by atoms with Crippen molar-refractivity contribution in [3.05, 3.63) is 23.8 Å². The van der Waals surface area contributed by atoms with Crippen LogP contribution >= 0.6 is 0 Å². The summed E-state index contributed by atoms with van der Waals surface area (Å²) in [4.78, 5) is 11.9. The van der Waals surface area contributed by atoms with Gasteiger partial charge in [-0.15, -0.1) is 6.42 Å². The molecule has 1 atom stereocenters. The van der Waals surface area contributed by atoms with Crippen LogP contribution in [0.5, 0.6) is 5.75 Å². The standard InChI is InChI=1S/C13H16N2O2/c1-4-9(5-2)15-13(16)10-7-6-8-11(17-3)12(10)14/h1,6-9H,5,14H2,2-3H3,(H,15,16). The molecule has 1 amide bonds. The van der Waals surface area contributed by atoms with Gasteiger partial charge >= 0.3 is 0 Å². The third-order valence-electron chi connectivity index (χ3n) is 2.45. The number of terminal acetylenes is 1. The molecule has 0 aromatic heterocycles. The summed E-state index contributed by atoms with van der Waals surface area (Å²) in [6, 6.07) is 4.76. The van der Waals surface area contributed by atoms with Crippen molar-refractivity contribution in [1.29, 1.82) is 0 Å². The van der Waals surface area contributed by atoms with Crippen LogP contribution in [0, 0.1) is 12.3 Å². The van der Waals surface area contributed by atoms with Crippen LogP contribution in [0.3, 0.4) is 0 Å². The zero-order valence-corrected chi connectivity index (χ0v) is 9.99. The summed E-state index contributed by atoms with van der Waals surface area (Å²) >= 11 is 0. The Morgan fingerprint density at radius 2 is 2.35 bits per heavy atom. The lowest BCUT2D eigenvalue weighted by Gasteiger charge is -2.13. The van der Waals surface area contributed by atoms with E-state index >= 15 is 0 Å². The van der Waals surface area contributed by atoms with E-state index < -0.39 is 0 Å². The molecular formula is C13H16N2O2. The predicted octanol–water partition coefficient (Wildman–Crippen LogP) is 1.42. The fourth-order valence-electron chi connectivity index (χ4n) is 1.42. The molecule has 1 aromatic carbocycles. The van der Waals surface area contributed by atoms with Crippen molar-refractivity contribution >= 4 is 11.6 Å². The van der Waals surface area contributed by atoms with Crippen LogP contribution in [0.25, 0.3) is 0 Å². The molecule has 1 rings (SSSR count). The van der Waals surface area contributed by atoms with Crippen LogP contribution < -0.4 is 15.8 Å². The van der Waals surface area contributed by atoms with Crippen molar-refractivity contribution in [3.8, 4) is 18.1 Å². The summed E-state index contributed by atoms with van der Waals surface area (Å²) in [5.74, 6) is 2.69. The Kier molecular flexibility index (Phi) is 4.41. The summed E-state index contributed by atoms with van der Waals surface area (Å²) < 4.78 is 5.05. The minimum Gasteiger partial charge on any atom is -0.495 e. The first-order chi connectivity index (χ1) is 8.13. The van der Waals surface area contributed by atoms with Gasteiger partial charge in [0.2, 0.25) is 0 Å². The van der Waals surface area contributed by atoms with Gasteiger partial charge in [-0.3, -0.25) is 4.79 Å².